The van der Waals surface area contributed by atoms with Crippen LogP contribution < -0.4 is 11.1 Å². The summed E-state index contributed by atoms with van der Waals surface area (Å²) in [4.78, 5) is 11.9. The number of nitrogens with two attached hydrogens (primary N) is 1. The minimum absolute atomic E-state index is 0.0207. The molecule has 3 heteroatoms. The van der Waals surface area contributed by atoms with E-state index >= 15 is 0 Å². The first kappa shape index (κ1) is 13.7. The first-order chi connectivity index (χ1) is 7.84. The quantitative estimate of drug-likeness (QED) is 0.841. The summed E-state index contributed by atoms with van der Waals surface area (Å²) in [7, 11) is 0. The Morgan fingerprint density at radius 1 is 1.35 bits per heavy atom. The molecular formula is C14H22N2O. The van der Waals surface area contributed by atoms with E-state index in [1.165, 1.54) is 5.56 Å². The number of hydrogen-bond acceptors (Lipinski definition) is 2. The Bertz CT molecular complexity index is 411. The maximum absolute atomic E-state index is 11.9. The highest BCUT2D eigenvalue weighted by Gasteiger charge is 2.20. The maximum Gasteiger partial charge on any atom is 0.224 e. The molecule has 0 saturated heterocycles. The molecule has 0 heterocycles. The van der Waals surface area contributed by atoms with Crippen LogP contribution >= 0.6 is 0 Å². The summed E-state index contributed by atoms with van der Waals surface area (Å²) >= 11 is 0. The van der Waals surface area contributed by atoms with Gasteiger partial charge in [0, 0.05) is 12.1 Å². The van der Waals surface area contributed by atoms with Crippen molar-refractivity contribution >= 4 is 11.6 Å². The van der Waals surface area contributed by atoms with Crippen molar-refractivity contribution in [2.24, 2.45) is 11.1 Å². The Hall–Kier alpha value is -1.35. The molecule has 0 radical (unpaired) electrons. The molecule has 17 heavy (non-hydrogen) atoms. The minimum atomic E-state index is -0.150. The lowest BCUT2D eigenvalue weighted by Crippen LogP contribution is -2.29. The Morgan fingerprint density at radius 2 is 2.00 bits per heavy atom. The molecule has 0 unspecified atom stereocenters. The Kier molecular flexibility index (Phi) is 4.29. The van der Waals surface area contributed by atoms with E-state index in [1.54, 1.807) is 0 Å². The van der Waals surface area contributed by atoms with Gasteiger partial charge in [-0.1, -0.05) is 31.5 Å². The molecule has 0 aromatic heterocycles. The van der Waals surface area contributed by atoms with Gasteiger partial charge in [-0.25, -0.2) is 0 Å². The summed E-state index contributed by atoms with van der Waals surface area (Å²) in [5.41, 5.74) is 8.63. The molecule has 0 fully saturated rings. The van der Waals surface area contributed by atoms with Crippen molar-refractivity contribution in [1.29, 1.82) is 0 Å². The van der Waals surface area contributed by atoms with E-state index in [2.05, 4.69) is 11.4 Å². The van der Waals surface area contributed by atoms with E-state index in [9.17, 15) is 4.79 Å². The Morgan fingerprint density at radius 3 is 2.53 bits per heavy atom. The van der Waals surface area contributed by atoms with E-state index in [4.69, 9.17) is 5.73 Å². The molecule has 0 bridgehead atoms. The molecule has 0 atom stereocenters. The highest BCUT2D eigenvalue weighted by atomic mass is 16.1. The molecule has 0 aliphatic carbocycles. The number of benzene rings is 1. The van der Waals surface area contributed by atoms with Crippen LogP contribution in [0, 0.1) is 19.3 Å². The van der Waals surface area contributed by atoms with Gasteiger partial charge >= 0.3 is 0 Å². The fraction of sp³-hybridized carbons (Fsp3) is 0.500. The predicted octanol–water partition coefficient (Wildman–Crippen LogP) is 2.62. The summed E-state index contributed by atoms with van der Waals surface area (Å²) < 4.78 is 0. The van der Waals surface area contributed by atoms with Crippen LogP contribution in [0.15, 0.2) is 18.2 Å². The van der Waals surface area contributed by atoms with Crippen LogP contribution in [0.25, 0.3) is 0 Å². The normalized spacial score (nSPS) is 11.4. The molecule has 1 aromatic rings. The van der Waals surface area contributed by atoms with Crippen molar-refractivity contribution in [2.75, 3.05) is 11.9 Å². The third kappa shape index (κ3) is 4.19. The van der Waals surface area contributed by atoms with E-state index < -0.39 is 0 Å². The van der Waals surface area contributed by atoms with Gasteiger partial charge in [-0.3, -0.25) is 4.79 Å². The second-order valence-corrected chi connectivity index (χ2v) is 5.41. The number of anilines is 1. The molecule has 1 amide bonds. The number of carbonyl (C=O) groups excluding carboxylic acids is 1. The van der Waals surface area contributed by atoms with E-state index in [0.717, 1.165) is 11.3 Å². The summed E-state index contributed by atoms with van der Waals surface area (Å²) in [5, 5.41) is 2.93. The number of carbonyl (C=O) groups is 1. The lowest BCUT2D eigenvalue weighted by atomic mass is 9.89. The fourth-order valence-electron chi connectivity index (χ4n) is 1.66. The average Bonchev–Trinajstić information content (AvgIpc) is 2.21. The summed E-state index contributed by atoms with van der Waals surface area (Å²) in [6.45, 7) is 8.53. The number of nitrogens with one attached hydrogen (secondary N) is 1. The van der Waals surface area contributed by atoms with Crippen molar-refractivity contribution in [3.8, 4) is 0 Å². The third-order valence-corrected chi connectivity index (χ3v) is 2.85. The number of aryl methyl sites for hydroxylation is 2. The standard InChI is InChI=1S/C14H22N2O/c1-10-5-6-12(11(2)7-10)16-13(17)8-14(3,4)9-15/h5-7H,8-9,15H2,1-4H3,(H,16,17). The van der Waals surface area contributed by atoms with Crippen LogP contribution in [0.5, 0.6) is 0 Å². The summed E-state index contributed by atoms with van der Waals surface area (Å²) in [6, 6.07) is 6.00. The topological polar surface area (TPSA) is 55.1 Å². The highest BCUT2D eigenvalue weighted by molar-refractivity contribution is 5.91. The third-order valence-electron chi connectivity index (χ3n) is 2.85. The second kappa shape index (κ2) is 5.32. The highest BCUT2D eigenvalue weighted by Crippen LogP contribution is 2.21. The van der Waals surface area contributed by atoms with Crippen LogP contribution in [0.4, 0.5) is 5.69 Å². The zero-order valence-electron chi connectivity index (χ0n) is 11.1. The SMILES string of the molecule is Cc1ccc(NC(=O)CC(C)(C)CN)c(C)c1. The predicted molar refractivity (Wildman–Crippen MR) is 72.0 cm³/mol. The lowest BCUT2D eigenvalue weighted by molar-refractivity contribution is -0.117. The second-order valence-electron chi connectivity index (χ2n) is 5.41. The number of rotatable bonds is 4. The van der Waals surface area contributed by atoms with Crippen molar-refractivity contribution < 1.29 is 4.79 Å². The molecule has 0 spiro atoms. The van der Waals surface area contributed by atoms with Gasteiger partial charge in [0.25, 0.3) is 0 Å². The van der Waals surface area contributed by atoms with Crippen molar-refractivity contribution in [2.45, 2.75) is 34.1 Å². The van der Waals surface area contributed by atoms with E-state index in [1.807, 2.05) is 39.8 Å². The van der Waals surface area contributed by atoms with E-state index in [-0.39, 0.29) is 11.3 Å². The molecule has 0 aliphatic rings. The first-order valence-corrected chi connectivity index (χ1v) is 5.91. The molecule has 0 aliphatic heterocycles. The molecule has 94 valence electrons. The van der Waals surface area contributed by atoms with Crippen LogP contribution in [0.3, 0.4) is 0 Å². The van der Waals surface area contributed by atoms with Gasteiger partial charge in [-0.05, 0) is 37.4 Å². The summed E-state index contributed by atoms with van der Waals surface area (Å²) in [6.07, 6.45) is 0.441. The van der Waals surface area contributed by atoms with Crippen LogP contribution in [-0.4, -0.2) is 12.5 Å². The molecule has 0 saturated carbocycles. The fourth-order valence-corrected chi connectivity index (χ4v) is 1.66. The molecule has 1 aromatic carbocycles. The maximum atomic E-state index is 11.9. The molecule has 3 nitrogen and oxygen atoms in total. The van der Waals surface area contributed by atoms with Crippen LogP contribution in [0.2, 0.25) is 0 Å². The zero-order valence-corrected chi connectivity index (χ0v) is 11.1. The van der Waals surface area contributed by atoms with Gasteiger partial charge < -0.3 is 11.1 Å². The van der Waals surface area contributed by atoms with Gasteiger partial charge in [0.1, 0.15) is 0 Å². The minimum Gasteiger partial charge on any atom is -0.330 e. The molecule has 3 N–H and O–H groups in total. The largest absolute Gasteiger partial charge is 0.330 e. The van der Waals surface area contributed by atoms with Crippen molar-refractivity contribution in [3.05, 3.63) is 29.3 Å². The first-order valence-electron chi connectivity index (χ1n) is 5.91. The van der Waals surface area contributed by atoms with Gasteiger partial charge in [0.15, 0.2) is 0 Å². The van der Waals surface area contributed by atoms with E-state index in [0.29, 0.717) is 13.0 Å². The average molecular weight is 234 g/mol. The Balaban J connectivity index is 2.69. The summed E-state index contributed by atoms with van der Waals surface area (Å²) in [5.74, 6) is 0.0207. The van der Waals surface area contributed by atoms with Crippen molar-refractivity contribution in [3.63, 3.8) is 0 Å². The molecular weight excluding hydrogens is 212 g/mol. The van der Waals surface area contributed by atoms with Crippen LogP contribution in [-0.2, 0) is 4.79 Å². The smallest absolute Gasteiger partial charge is 0.224 e. The van der Waals surface area contributed by atoms with Gasteiger partial charge in [-0.2, -0.15) is 0 Å². The van der Waals surface area contributed by atoms with Crippen molar-refractivity contribution in [1.82, 2.24) is 0 Å². The zero-order chi connectivity index (χ0) is 13.1. The van der Waals surface area contributed by atoms with Gasteiger partial charge in [0.2, 0.25) is 5.91 Å². The number of hydrogen-bond donors (Lipinski definition) is 2. The number of amides is 1. The van der Waals surface area contributed by atoms with Gasteiger partial charge in [-0.15, -0.1) is 0 Å². The Labute approximate surface area is 103 Å². The van der Waals surface area contributed by atoms with Crippen LogP contribution in [0.1, 0.15) is 31.4 Å². The molecule has 1 rings (SSSR count). The monoisotopic (exact) mass is 234 g/mol. The van der Waals surface area contributed by atoms with Gasteiger partial charge in [0.05, 0.1) is 0 Å². The lowest BCUT2D eigenvalue weighted by Gasteiger charge is -2.21.